The molecule has 0 fully saturated rings. The van der Waals surface area contributed by atoms with Crippen LogP contribution in [0.15, 0.2) is 18.2 Å². The van der Waals surface area contributed by atoms with Crippen LogP contribution < -0.4 is 11.1 Å². The number of benzene rings is 1. The summed E-state index contributed by atoms with van der Waals surface area (Å²) < 4.78 is 13.2. The number of hydrogen-bond donors (Lipinski definition) is 2. The Morgan fingerprint density at radius 2 is 2.21 bits per heavy atom. The first-order chi connectivity index (χ1) is 6.69. The lowest BCUT2D eigenvalue weighted by molar-refractivity contribution is 0.605. The molecule has 0 aliphatic heterocycles. The van der Waals surface area contributed by atoms with Crippen LogP contribution in [0.3, 0.4) is 0 Å². The molecule has 0 saturated carbocycles. The van der Waals surface area contributed by atoms with E-state index < -0.39 is 0 Å². The van der Waals surface area contributed by atoms with Crippen LogP contribution in [-0.2, 0) is 6.42 Å². The smallest absolute Gasteiger partial charge is 0.126 e. The third-order valence-electron chi connectivity index (χ3n) is 2.30. The molecule has 0 bridgehead atoms. The van der Waals surface area contributed by atoms with E-state index in [2.05, 4.69) is 5.32 Å². The molecule has 1 unspecified atom stereocenters. The van der Waals surface area contributed by atoms with Crippen LogP contribution in [0.1, 0.15) is 24.1 Å². The first kappa shape index (κ1) is 11.1. The van der Waals surface area contributed by atoms with E-state index in [0.29, 0.717) is 13.0 Å². The second-order valence-corrected chi connectivity index (χ2v) is 3.37. The van der Waals surface area contributed by atoms with Crippen LogP contribution in [0, 0.1) is 5.82 Å². The molecule has 14 heavy (non-hydrogen) atoms. The van der Waals surface area contributed by atoms with Gasteiger partial charge in [-0.3, -0.25) is 0 Å². The van der Waals surface area contributed by atoms with Gasteiger partial charge < -0.3 is 11.1 Å². The standard InChI is InChI=1S/C11H17FN2/c1-3-8-6-9(4-5-10(8)12)11(13)7-14-2/h4-6,11,14H,3,7,13H2,1-2H3. The van der Waals surface area contributed by atoms with Crippen molar-refractivity contribution >= 4 is 0 Å². The van der Waals surface area contributed by atoms with Crippen molar-refractivity contribution in [2.24, 2.45) is 5.73 Å². The third-order valence-corrected chi connectivity index (χ3v) is 2.30. The lowest BCUT2D eigenvalue weighted by Crippen LogP contribution is -2.24. The fourth-order valence-electron chi connectivity index (χ4n) is 1.43. The summed E-state index contributed by atoms with van der Waals surface area (Å²) in [5.74, 6) is -0.145. The van der Waals surface area contributed by atoms with Crippen molar-refractivity contribution in [1.29, 1.82) is 0 Å². The zero-order valence-electron chi connectivity index (χ0n) is 8.68. The van der Waals surface area contributed by atoms with E-state index in [-0.39, 0.29) is 11.9 Å². The van der Waals surface area contributed by atoms with Gasteiger partial charge in [-0.25, -0.2) is 4.39 Å². The Morgan fingerprint density at radius 3 is 2.79 bits per heavy atom. The van der Waals surface area contributed by atoms with Crippen LogP contribution in [0.4, 0.5) is 4.39 Å². The Bertz CT molecular complexity index is 299. The van der Waals surface area contributed by atoms with Gasteiger partial charge >= 0.3 is 0 Å². The number of hydrogen-bond acceptors (Lipinski definition) is 2. The molecule has 78 valence electrons. The Kier molecular flexibility index (Phi) is 4.04. The maximum Gasteiger partial charge on any atom is 0.126 e. The molecule has 1 aromatic rings. The molecule has 2 nitrogen and oxygen atoms in total. The Hall–Kier alpha value is -0.930. The normalized spacial score (nSPS) is 12.9. The molecule has 0 amide bonds. The molecule has 0 aliphatic carbocycles. The first-order valence-corrected chi connectivity index (χ1v) is 4.87. The first-order valence-electron chi connectivity index (χ1n) is 4.87. The van der Waals surface area contributed by atoms with Gasteiger partial charge in [0.25, 0.3) is 0 Å². The molecule has 0 heterocycles. The molecule has 0 spiro atoms. The van der Waals surface area contributed by atoms with Gasteiger partial charge in [-0.05, 0) is 30.7 Å². The predicted molar refractivity (Wildman–Crippen MR) is 56.6 cm³/mol. The van der Waals surface area contributed by atoms with Gasteiger partial charge in [0, 0.05) is 12.6 Å². The maximum absolute atomic E-state index is 13.2. The molecule has 3 heteroatoms. The molecule has 0 saturated heterocycles. The lowest BCUT2D eigenvalue weighted by Gasteiger charge is -2.12. The molecular formula is C11H17FN2. The van der Waals surface area contributed by atoms with Crippen molar-refractivity contribution in [1.82, 2.24) is 5.32 Å². The monoisotopic (exact) mass is 196 g/mol. The summed E-state index contributed by atoms with van der Waals surface area (Å²) in [7, 11) is 1.85. The van der Waals surface area contributed by atoms with Gasteiger partial charge in [0.1, 0.15) is 5.82 Å². The van der Waals surface area contributed by atoms with Crippen LogP contribution in [0.2, 0.25) is 0 Å². The van der Waals surface area contributed by atoms with E-state index in [4.69, 9.17) is 5.73 Å². The quantitative estimate of drug-likeness (QED) is 0.767. The van der Waals surface area contributed by atoms with Crippen molar-refractivity contribution < 1.29 is 4.39 Å². The van der Waals surface area contributed by atoms with Gasteiger partial charge in [-0.1, -0.05) is 19.1 Å². The van der Waals surface area contributed by atoms with E-state index in [0.717, 1.165) is 11.1 Å². The Morgan fingerprint density at radius 1 is 1.50 bits per heavy atom. The highest BCUT2D eigenvalue weighted by Crippen LogP contribution is 2.15. The van der Waals surface area contributed by atoms with Crippen molar-refractivity contribution in [3.63, 3.8) is 0 Å². The van der Waals surface area contributed by atoms with E-state index >= 15 is 0 Å². The van der Waals surface area contributed by atoms with Crippen LogP contribution in [-0.4, -0.2) is 13.6 Å². The lowest BCUT2D eigenvalue weighted by atomic mass is 10.0. The molecule has 0 aliphatic rings. The number of nitrogens with one attached hydrogen (secondary N) is 1. The molecule has 3 N–H and O–H groups in total. The highest BCUT2D eigenvalue weighted by molar-refractivity contribution is 5.27. The third kappa shape index (κ3) is 2.53. The number of rotatable bonds is 4. The van der Waals surface area contributed by atoms with Gasteiger partial charge in [0.05, 0.1) is 0 Å². The molecule has 1 aromatic carbocycles. The van der Waals surface area contributed by atoms with Crippen LogP contribution in [0.25, 0.3) is 0 Å². The maximum atomic E-state index is 13.2. The average molecular weight is 196 g/mol. The number of aryl methyl sites for hydroxylation is 1. The summed E-state index contributed by atoms with van der Waals surface area (Å²) in [5.41, 5.74) is 7.61. The predicted octanol–water partition coefficient (Wildman–Crippen LogP) is 1.61. The largest absolute Gasteiger partial charge is 0.323 e. The molecular weight excluding hydrogens is 179 g/mol. The van der Waals surface area contributed by atoms with E-state index in [9.17, 15) is 4.39 Å². The zero-order valence-corrected chi connectivity index (χ0v) is 8.68. The van der Waals surface area contributed by atoms with Gasteiger partial charge in [0.2, 0.25) is 0 Å². The summed E-state index contributed by atoms with van der Waals surface area (Å²) in [6, 6.07) is 5.02. The molecule has 1 atom stereocenters. The Balaban J connectivity index is 2.88. The highest BCUT2D eigenvalue weighted by atomic mass is 19.1. The number of halogens is 1. The second-order valence-electron chi connectivity index (χ2n) is 3.37. The summed E-state index contributed by atoms with van der Waals surface area (Å²) in [6.45, 7) is 2.64. The second kappa shape index (κ2) is 5.08. The minimum Gasteiger partial charge on any atom is -0.323 e. The van der Waals surface area contributed by atoms with Crippen molar-refractivity contribution in [2.75, 3.05) is 13.6 Å². The van der Waals surface area contributed by atoms with E-state index in [1.807, 2.05) is 20.0 Å². The van der Waals surface area contributed by atoms with Crippen LogP contribution >= 0.6 is 0 Å². The SMILES string of the molecule is CCc1cc(C(N)CNC)ccc1F. The van der Waals surface area contributed by atoms with Crippen LogP contribution in [0.5, 0.6) is 0 Å². The Labute approximate surface area is 84.3 Å². The van der Waals surface area contributed by atoms with Gasteiger partial charge in [-0.2, -0.15) is 0 Å². The zero-order chi connectivity index (χ0) is 10.6. The van der Waals surface area contributed by atoms with Crippen molar-refractivity contribution in [3.05, 3.63) is 35.1 Å². The fourth-order valence-corrected chi connectivity index (χ4v) is 1.43. The minimum atomic E-state index is -0.145. The highest BCUT2D eigenvalue weighted by Gasteiger charge is 2.07. The van der Waals surface area contributed by atoms with Crippen molar-refractivity contribution in [3.8, 4) is 0 Å². The number of likely N-dealkylation sites (N-methyl/N-ethyl adjacent to an activating group) is 1. The average Bonchev–Trinajstić information content (AvgIpc) is 2.19. The minimum absolute atomic E-state index is 0.0640. The topological polar surface area (TPSA) is 38.0 Å². The van der Waals surface area contributed by atoms with E-state index in [1.165, 1.54) is 6.07 Å². The fraction of sp³-hybridized carbons (Fsp3) is 0.455. The van der Waals surface area contributed by atoms with Gasteiger partial charge in [0.15, 0.2) is 0 Å². The summed E-state index contributed by atoms with van der Waals surface area (Å²) in [4.78, 5) is 0. The van der Waals surface area contributed by atoms with E-state index in [1.54, 1.807) is 6.07 Å². The number of nitrogens with two attached hydrogens (primary N) is 1. The summed E-state index contributed by atoms with van der Waals surface area (Å²) in [5, 5.41) is 3.00. The summed E-state index contributed by atoms with van der Waals surface area (Å²) >= 11 is 0. The molecule has 0 radical (unpaired) electrons. The van der Waals surface area contributed by atoms with Gasteiger partial charge in [-0.15, -0.1) is 0 Å². The van der Waals surface area contributed by atoms with Crippen molar-refractivity contribution in [2.45, 2.75) is 19.4 Å². The molecule has 1 rings (SSSR count). The molecule has 0 aromatic heterocycles. The summed E-state index contributed by atoms with van der Waals surface area (Å²) in [6.07, 6.45) is 0.700.